The van der Waals surface area contributed by atoms with Crippen LogP contribution in [0.5, 0.6) is 0 Å². The van der Waals surface area contributed by atoms with Crippen LogP contribution in [0.4, 0.5) is 5.82 Å². The largest absolute Gasteiger partial charge is 0.395 e. The first kappa shape index (κ1) is 28.2. The number of likely N-dealkylation sites (tertiary alicyclic amines) is 1. The molecule has 3 aliphatic carbocycles. The average Bonchev–Trinajstić information content (AvgIpc) is 3.90. The Morgan fingerprint density at radius 2 is 1.91 bits per heavy atom. The van der Waals surface area contributed by atoms with Crippen molar-refractivity contribution in [3.05, 3.63) is 53.5 Å². The SMILES string of the molecule is O=C(NC[C@H](O)CN1CCc2ccccc2C1)c1cc(NC2CC3(C2)CN(C(=O)C(=NOCC2CC2)C2CC2)C3)ncn1. The molecule has 0 bridgehead atoms. The molecule has 7 rings (SSSR count). The number of oxime groups is 1. The van der Waals surface area contributed by atoms with E-state index >= 15 is 0 Å². The maximum Gasteiger partial charge on any atom is 0.271 e. The molecule has 3 saturated carbocycles. The number of carbonyl (C=O) groups excluding carboxylic acids is 2. The first-order valence-corrected chi connectivity index (χ1v) is 15.8. The highest BCUT2D eigenvalue weighted by atomic mass is 16.6. The summed E-state index contributed by atoms with van der Waals surface area (Å²) >= 11 is 0. The van der Waals surface area contributed by atoms with Gasteiger partial charge in [-0.2, -0.15) is 0 Å². The number of aromatic nitrogens is 2. The molecule has 2 aliphatic heterocycles. The number of aliphatic hydroxyl groups is 1. The fourth-order valence-electron chi connectivity index (χ4n) is 6.70. The molecule has 0 radical (unpaired) electrons. The number of fused-ring (bicyclic) bond motifs is 1. The Hall–Kier alpha value is -3.57. The van der Waals surface area contributed by atoms with E-state index in [9.17, 15) is 14.7 Å². The van der Waals surface area contributed by atoms with Crippen LogP contribution in [0.15, 0.2) is 41.8 Å². The van der Waals surface area contributed by atoms with Crippen molar-refractivity contribution in [2.45, 2.75) is 63.6 Å². The van der Waals surface area contributed by atoms with Crippen LogP contribution in [0.1, 0.15) is 60.1 Å². The zero-order valence-corrected chi connectivity index (χ0v) is 24.6. The lowest BCUT2D eigenvalue weighted by Gasteiger charge is -2.59. The summed E-state index contributed by atoms with van der Waals surface area (Å²) in [5, 5.41) is 21.1. The Morgan fingerprint density at radius 1 is 1.12 bits per heavy atom. The molecule has 1 atom stereocenters. The lowest BCUT2D eigenvalue weighted by atomic mass is 9.60. The summed E-state index contributed by atoms with van der Waals surface area (Å²) in [4.78, 5) is 44.0. The molecule has 1 spiro atoms. The van der Waals surface area contributed by atoms with Crippen LogP contribution < -0.4 is 10.6 Å². The lowest BCUT2D eigenvalue weighted by Crippen LogP contribution is -2.67. The van der Waals surface area contributed by atoms with Crippen LogP contribution in [0.25, 0.3) is 0 Å². The van der Waals surface area contributed by atoms with E-state index in [0.29, 0.717) is 30.6 Å². The molecule has 2 aromatic rings. The number of benzene rings is 1. The van der Waals surface area contributed by atoms with Gasteiger partial charge >= 0.3 is 0 Å². The third-order valence-electron chi connectivity index (χ3n) is 9.48. The van der Waals surface area contributed by atoms with E-state index in [4.69, 9.17) is 4.84 Å². The van der Waals surface area contributed by atoms with Crippen molar-refractivity contribution in [1.82, 2.24) is 25.1 Å². The highest BCUT2D eigenvalue weighted by molar-refractivity contribution is 6.40. The standard InChI is InChI=1S/C32H41N7O4/c40-26(16-38-10-9-22-3-1-2-4-24(22)15-38)14-33-30(41)27-11-28(35-20-34-27)36-25-12-32(13-25)18-39(19-32)31(42)29(23-7-8-23)37-43-17-21-5-6-21/h1-4,11,20-21,23,25-26,40H,5-10,12-19H2,(H,33,41)(H,34,35,36)/t26-/m0/s1. The van der Waals surface area contributed by atoms with Gasteiger partial charge in [-0.3, -0.25) is 14.5 Å². The van der Waals surface area contributed by atoms with Gasteiger partial charge in [0.1, 0.15) is 30.2 Å². The predicted octanol–water partition coefficient (Wildman–Crippen LogP) is 2.22. The fourth-order valence-corrected chi connectivity index (χ4v) is 6.70. The summed E-state index contributed by atoms with van der Waals surface area (Å²) in [6.45, 7) is 4.49. The van der Waals surface area contributed by atoms with Crippen LogP contribution >= 0.6 is 0 Å². The Morgan fingerprint density at radius 3 is 2.67 bits per heavy atom. The van der Waals surface area contributed by atoms with E-state index in [0.717, 1.165) is 58.3 Å². The first-order valence-electron chi connectivity index (χ1n) is 15.8. The minimum atomic E-state index is -0.671. The van der Waals surface area contributed by atoms with Crippen molar-refractivity contribution >= 4 is 23.3 Å². The topological polar surface area (TPSA) is 132 Å². The smallest absolute Gasteiger partial charge is 0.271 e. The van der Waals surface area contributed by atoms with Crippen molar-refractivity contribution in [2.24, 2.45) is 22.4 Å². The maximum atomic E-state index is 13.1. The molecule has 3 N–H and O–H groups in total. The van der Waals surface area contributed by atoms with E-state index in [-0.39, 0.29) is 41.4 Å². The van der Waals surface area contributed by atoms with Gasteiger partial charge in [0.2, 0.25) is 0 Å². The highest BCUT2D eigenvalue weighted by Crippen LogP contribution is 2.49. The summed E-state index contributed by atoms with van der Waals surface area (Å²) < 4.78 is 0. The highest BCUT2D eigenvalue weighted by Gasteiger charge is 2.55. The minimum Gasteiger partial charge on any atom is -0.395 e. The molecule has 1 saturated heterocycles. The molecular weight excluding hydrogens is 546 g/mol. The number of nitrogens with one attached hydrogen (secondary N) is 2. The number of amides is 2. The molecule has 1 aromatic heterocycles. The van der Waals surface area contributed by atoms with E-state index in [1.807, 2.05) is 11.0 Å². The van der Waals surface area contributed by atoms with Crippen LogP contribution in [0.3, 0.4) is 0 Å². The second-order valence-electron chi connectivity index (χ2n) is 13.3. The molecule has 2 amide bonds. The second-order valence-corrected chi connectivity index (χ2v) is 13.3. The fraction of sp³-hybridized carbons (Fsp3) is 0.594. The molecule has 0 unspecified atom stereocenters. The quantitative estimate of drug-likeness (QED) is 0.255. The number of rotatable bonds is 12. The zero-order valence-electron chi connectivity index (χ0n) is 24.6. The molecule has 1 aromatic carbocycles. The Labute approximate surface area is 252 Å². The number of carbonyl (C=O) groups is 2. The average molecular weight is 588 g/mol. The third-order valence-corrected chi connectivity index (χ3v) is 9.48. The normalized spacial score (nSPS) is 22.3. The van der Waals surface area contributed by atoms with Gasteiger partial charge in [0.05, 0.1) is 6.10 Å². The minimum absolute atomic E-state index is 0.0400. The zero-order chi connectivity index (χ0) is 29.4. The van der Waals surface area contributed by atoms with E-state index in [1.54, 1.807) is 6.07 Å². The van der Waals surface area contributed by atoms with Crippen molar-refractivity contribution in [1.29, 1.82) is 0 Å². The first-order chi connectivity index (χ1) is 20.9. The number of hydrogen-bond donors (Lipinski definition) is 3. The third kappa shape index (κ3) is 6.67. The molecule has 11 nitrogen and oxygen atoms in total. The van der Waals surface area contributed by atoms with E-state index in [2.05, 4.69) is 48.9 Å². The molecule has 11 heteroatoms. The number of aliphatic hydroxyl groups excluding tert-OH is 1. The number of nitrogens with zero attached hydrogens (tertiary/aromatic N) is 5. The summed E-state index contributed by atoms with van der Waals surface area (Å²) in [7, 11) is 0. The lowest BCUT2D eigenvalue weighted by molar-refractivity contribution is -0.143. The Balaban J connectivity index is 0.835. The van der Waals surface area contributed by atoms with Crippen LogP contribution in [-0.4, -0.2) is 93.9 Å². The molecule has 5 aliphatic rings. The monoisotopic (exact) mass is 587 g/mol. The Kier molecular flexibility index (Phi) is 7.77. The second kappa shape index (κ2) is 11.8. The number of anilines is 1. The molecule has 43 heavy (non-hydrogen) atoms. The van der Waals surface area contributed by atoms with Gasteiger partial charge in [0.15, 0.2) is 0 Å². The predicted molar refractivity (Wildman–Crippen MR) is 160 cm³/mol. The summed E-state index contributed by atoms with van der Waals surface area (Å²) in [6, 6.07) is 10.3. The van der Waals surface area contributed by atoms with Crippen LogP contribution in [0, 0.1) is 17.3 Å². The van der Waals surface area contributed by atoms with Crippen molar-refractivity contribution in [3.8, 4) is 0 Å². The van der Waals surface area contributed by atoms with Crippen LogP contribution in [-0.2, 0) is 22.6 Å². The van der Waals surface area contributed by atoms with E-state index < -0.39 is 6.10 Å². The number of hydrogen-bond acceptors (Lipinski definition) is 9. The van der Waals surface area contributed by atoms with Gasteiger partial charge in [0.25, 0.3) is 11.8 Å². The summed E-state index contributed by atoms with van der Waals surface area (Å²) in [5.74, 6) is 1.20. The summed E-state index contributed by atoms with van der Waals surface area (Å²) in [5.41, 5.74) is 3.70. The number of β-amino-alcohol motifs (C(OH)–C–C–N with tert-alkyl or cyclic N) is 1. The van der Waals surface area contributed by atoms with Gasteiger partial charge < -0.3 is 25.5 Å². The van der Waals surface area contributed by atoms with Crippen molar-refractivity contribution in [3.63, 3.8) is 0 Å². The molecule has 4 fully saturated rings. The van der Waals surface area contributed by atoms with Gasteiger partial charge in [0, 0.05) is 62.7 Å². The van der Waals surface area contributed by atoms with Crippen LogP contribution in [0.2, 0.25) is 0 Å². The van der Waals surface area contributed by atoms with Crippen molar-refractivity contribution < 1.29 is 19.5 Å². The van der Waals surface area contributed by atoms with Gasteiger partial charge in [-0.15, -0.1) is 0 Å². The van der Waals surface area contributed by atoms with Gasteiger partial charge in [-0.05, 0) is 62.0 Å². The molecule has 228 valence electrons. The van der Waals surface area contributed by atoms with Crippen molar-refractivity contribution in [2.75, 3.05) is 44.6 Å². The molecular formula is C32H41N7O4. The van der Waals surface area contributed by atoms with Gasteiger partial charge in [-0.1, -0.05) is 29.4 Å². The maximum absolute atomic E-state index is 13.1. The Bertz CT molecular complexity index is 1380. The molecule has 3 heterocycles. The van der Waals surface area contributed by atoms with E-state index in [1.165, 1.54) is 30.3 Å². The van der Waals surface area contributed by atoms with Gasteiger partial charge in [-0.25, -0.2) is 9.97 Å². The summed E-state index contributed by atoms with van der Waals surface area (Å²) in [6.07, 6.45) is 8.04.